The van der Waals surface area contributed by atoms with Crippen LogP contribution in [0.25, 0.3) is 0 Å². The van der Waals surface area contributed by atoms with E-state index in [0.717, 1.165) is 25.6 Å². The van der Waals surface area contributed by atoms with Gasteiger partial charge in [-0.2, -0.15) is 4.98 Å². The van der Waals surface area contributed by atoms with Gasteiger partial charge < -0.3 is 15.0 Å². The number of aromatic nitrogens is 2. The van der Waals surface area contributed by atoms with Crippen LogP contribution in [-0.4, -0.2) is 41.7 Å². The van der Waals surface area contributed by atoms with Gasteiger partial charge >= 0.3 is 0 Å². The van der Waals surface area contributed by atoms with Crippen molar-refractivity contribution >= 4 is 5.95 Å². The second-order valence-electron chi connectivity index (χ2n) is 5.91. The van der Waals surface area contributed by atoms with Gasteiger partial charge in [0, 0.05) is 31.4 Å². The highest BCUT2D eigenvalue weighted by Gasteiger charge is 2.24. The molecule has 118 valence electrons. The third-order valence-electron chi connectivity index (χ3n) is 3.66. The number of hydrogen-bond acceptors (Lipinski definition) is 5. The fraction of sp³-hybridized carbons (Fsp3) is 0.750. The fourth-order valence-electron chi connectivity index (χ4n) is 2.70. The van der Waals surface area contributed by atoms with Crippen LogP contribution in [0.3, 0.4) is 0 Å². The van der Waals surface area contributed by atoms with Crippen LogP contribution in [0.4, 0.5) is 5.95 Å². The highest BCUT2D eigenvalue weighted by molar-refractivity contribution is 5.34. The molecule has 0 aliphatic carbocycles. The van der Waals surface area contributed by atoms with Crippen LogP contribution in [0.5, 0.6) is 5.88 Å². The number of nitrogens with zero attached hydrogens (tertiary/aromatic N) is 3. The summed E-state index contributed by atoms with van der Waals surface area (Å²) in [5.41, 5.74) is 0. The topological polar surface area (TPSA) is 50.3 Å². The van der Waals surface area contributed by atoms with Crippen LogP contribution < -0.4 is 15.0 Å². The van der Waals surface area contributed by atoms with E-state index in [1.54, 1.807) is 6.20 Å². The molecule has 0 spiro atoms. The third kappa shape index (κ3) is 4.84. The fourth-order valence-corrected chi connectivity index (χ4v) is 2.70. The van der Waals surface area contributed by atoms with Crippen LogP contribution in [0.2, 0.25) is 0 Å². The van der Waals surface area contributed by atoms with E-state index in [1.165, 1.54) is 25.7 Å². The van der Waals surface area contributed by atoms with Crippen molar-refractivity contribution in [1.29, 1.82) is 0 Å². The predicted octanol–water partition coefficient (Wildman–Crippen LogP) is 2.62. The maximum atomic E-state index is 5.69. The quantitative estimate of drug-likeness (QED) is 0.783. The summed E-state index contributed by atoms with van der Waals surface area (Å²) < 4.78 is 5.69. The Morgan fingerprint density at radius 2 is 2.29 bits per heavy atom. The summed E-state index contributed by atoms with van der Waals surface area (Å²) in [4.78, 5) is 11.4. The van der Waals surface area contributed by atoms with Gasteiger partial charge in [0.05, 0.1) is 6.10 Å². The zero-order chi connectivity index (χ0) is 15.1. The van der Waals surface area contributed by atoms with Gasteiger partial charge in [-0.3, -0.25) is 0 Å². The first-order chi connectivity index (χ1) is 10.2. The summed E-state index contributed by atoms with van der Waals surface area (Å²) in [6.45, 7) is 9.33. The average molecular weight is 292 g/mol. The van der Waals surface area contributed by atoms with Crippen molar-refractivity contribution in [2.45, 2.75) is 58.6 Å². The molecule has 1 N–H and O–H groups in total. The number of nitrogens with one attached hydrogen (secondary N) is 1. The Labute approximate surface area is 128 Å². The average Bonchev–Trinajstić information content (AvgIpc) is 2.48. The molecule has 1 unspecified atom stereocenters. The Balaban J connectivity index is 2.05. The van der Waals surface area contributed by atoms with Gasteiger partial charge in [-0.15, -0.1) is 0 Å². The molecular weight excluding hydrogens is 264 g/mol. The molecule has 1 saturated heterocycles. The molecule has 1 fully saturated rings. The lowest BCUT2D eigenvalue weighted by Gasteiger charge is -2.36. The summed E-state index contributed by atoms with van der Waals surface area (Å²) in [5, 5.41) is 3.52. The molecule has 1 aliphatic rings. The highest BCUT2D eigenvalue weighted by atomic mass is 16.5. The minimum Gasteiger partial charge on any atom is -0.475 e. The Hall–Kier alpha value is -1.36. The lowest BCUT2D eigenvalue weighted by atomic mass is 10.0. The van der Waals surface area contributed by atoms with Crippen LogP contribution >= 0.6 is 0 Å². The van der Waals surface area contributed by atoms with Crippen molar-refractivity contribution in [3.8, 4) is 5.88 Å². The molecule has 5 heteroatoms. The Morgan fingerprint density at radius 1 is 1.43 bits per heavy atom. The van der Waals surface area contributed by atoms with Gasteiger partial charge in [-0.1, -0.05) is 6.92 Å². The molecule has 0 aromatic carbocycles. The zero-order valence-corrected chi connectivity index (χ0v) is 13.5. The van der Waals surface area contributed by atoms with E-state index in [9.17, 15) is 0 Å². The van der Waals surface area contributed by atoms with Gasteiger partial charge in [-0.05, 0) is 46.1 Å². The second kappa shape index (κ2) is 8.17. The number of anilines is 1. The second-order valence-corrected chi connectivity index (χ2v) is 5.91. The van der Waals surface area contributed by atoms with Gasteiger partial charge in [0.15, 0.2) is 0 Å². The summed E-state index contributed by atoms with van der Waals surface area (Å²) in [7, 11) is 0. The van der Waals surface area contributed by atoms with Gasteiger partial charge in [-0.25, -0.2) is 4.98 Å². The zero-order valence-electron chi connectivity index (χ0n) is 13.5. The highest BCUT2D eigenvalue weighted by Crippen LogP contribution is 2.23. The van der Waals surface area contributed by atoms with E-state index in [1.807, 2.05) is 19.9 Å². The van der Waals surface area contributed by atoms with E-state index in [2.05, 4.69) is 27.1 Å². The van der Waals surface area contributed by atoms with Crippen molar-refractivity contribution in [3.63, 3.8) is 0 Å². The number of rotatable bonds is 7. The van der Waals surface area contributed by atoms with Crippen molar-refractivity contribution < 1.29 is 4.74 Å². The van der Waals surface area contributed by atoms with Gasteiger partial charge in [0.2, 0.25) is 11.8 Å². The maximum absolute atomic E-state index is 5.69. The molecule has 1 aliphatic heterocycles. The molecule has 0 bridgehead atoms. The summed E-state index contributed by atoms with van der Waals surface area (Å²) in [5.74, 6) is 1.47. The van der Waals surface area contributed by atoms with E-state index < -0.39 is 0 Å². The van der Waals surface area contributed by atoms with Crippen LogP contribution in [0, 0.1) is 0 Å². The van der Waals surface area contributed by atoms with Crippen molar-refractivity contribution in [2.75, 3.05) is 24.5 Å². The first-order valence-corrected chi connectivity index (χ1v) is 8.17. The standard InChI is InChI=1S/C16H28N4O/c1-4-9-17-12-14-7-5-6-11-20(14)16-18-10-8-15(19-16)21-13(2)3/h8,10,13-14,17H,4-7,9,11-12H2,1-3H3. The molecule has 0 saturated carbocycles. The molecule has 5 nitrogen and oxygen atoms in total. The maximum Gasteiger partial charge on any atom is 0.228 e. The molecule has 1 aromatic heterocycles. The smallest absolute Gasteiger partial charge is 0.228 e. The van der Waals surface area contributed by atoms with E-state index in [4.69, 9.17) is 4.74 Å². The van der Waals surface area contributed by atoms with E-state index >= 15 is 0 Å². The van der Waals surface area contributed by atoms with Gasteiger partial charge in [0.1, 0.15) is 0 Å². The van der Waals surface area contributed by atoms with Crippen molar-refractivity contribution in [2.24, 2.45) is 0 Å². The molecule has 2 rings (SSSR count). The van der Waals surface area contributed by atoms with E-state index in [-0.39, 0.29) is 6.10 Å². The first kappa shape index (κ1) is 16.0. The monoisotopic (exact) mass is 292 g/mol. The first-order valence-electron chi connectivity index (χ1n) is 8.17. The van der Waals surface area contributed by atoms with Crippen molar-refractivity contribution in [3.05, 3.63) is 12.3 Å². The molecule has 0 amide bonds. The van der Waals surface area contributed by atoms with Crippen LogP contribution in [0.1, 0.15) is 46.5 Å². The summed E-state index contributed by atoms with van der Waals surface area (Å²) >= 11 is 0. The lowest BCUT2D eigenvalue weighted by molar-refractivity contribution is 0.232. The normalized spacial score (nSPS) is 19.0. The minimum atomic E-state index is 0.135. The molecule has 21 heavy (non-hydrogen) atoms. The Kier molecular flexibility index (Phi) is 6.23. The molecular formula is C16H28N4O. The van der Waals surface area contributed by atoms with Crippen LogP contribution in [0.15, 0.2) is 12.3 Å². The summed E-state index contributed by atoms with van der Waals surface area (Å²) in [6.07, 6.45) is 6.80. The summed E-state index contributed by atoms with van der Waals surface area (Å²) in [6, 6.07) is 2.32. The number of hydrogen-bond donors (Lipinski definition) is 1. The minimum absolute atomic E-state index is 0.135. The molecule has 0 radical (unpaired) electrons. The van der Waals surface area contributed by atoms with Crippen LogP contribution in [-0.2, 0) is 0 Å². The Bertz CT molecular complexity index is 424. The van der Waals surface area contributed by atoms with Gasteiger partial charge in [0.25, 0.3) is 0 Å². The largest absolute Gasteiger partial charge is 0.475 e. The predicted molar refractivity (Wildman–Crippen MR) is 85.9 cm³/mol. The van der Waals surface area contributed by atoms with E-state index in [0.29, 0.717) is 11.9 Å². The molecule has 1 atom stereocenters. The third-order valence-corrected chi connectivity index (χ3v) is 3.66. The molecule has 1 aromatic rings. The van der Waals surface area contributed by atoms with Crippen molar-refractivity contribution in [1.82, 2.24) is 15.3 Å². The number of piperidine rings is 1. The lowest BCUT2D eigenvalue weighted by Crippen LogP contribution is -2.46. The molecule has 2 heterocycles. The SMILES string of the molecule is CCCNCC1CCCCN1c1nccc(OC(C)C)n1. The Morgan fingerprint density at radius 3 is 3.05 bits per heavy atom. The number of ether oxygens (including phenoxy) is 1.